The van der Waals surface area contributed by atoms with Crippen molar-refractivity contribution in [2.45, 2.75) is 41.5 Å². The molecule has 0 rings (SSSR count). The van der Waals surface area contributed by atoms with Crippen LogP contribution in [0.1, 0.15) is 41.5 Å². The van der Waals surface area contributed by atoms with Crippen LogP contribution in [0, 0.1) is 0 Å². The Hall–Kier alpha value is -0.0600. The lowest BCUT2D eigenvalue weighted by Crippen LogP contribution is -2.49. The molecule has 0 bridgehead atoms. The molecule has 0 aromatic rings. The zero-order valence-electron chi connectivity index (χ0n) is 15.6. The van der Waals surface area contributed by atoms with Crippen LogP contribution in [0.3, 0.4) is 0 Å². The average molecular weight is 337 g/mol. The van der Waals surface area contributed by atoms with Gasteiger partial charge in [-0.05, 0) is 41.5 Å². The second kappa shape index (κ2) is 11.5. The van der Waals surface area contributed by atoms with Crippen LogP contribution in [0.25, 0.3) is 0 Å². The van der Waals surface area contributed by atoms with Crippen LogP contribution in [-0.4, -0.2) is 74.5 Å². The third kappa shape index (κ3) is 7.01. The molecule has 0 aliphatic rings. The molecule has 0 saturated heterocycles. The SMILES string of the molecule is CC[N+](CC)(CC)CCO[P+](=O)OCC[N+](CC)(CC)CC. The van der Waals surface area contributed by atoms with Crippen LogP contribution in [0.4, 0.5) is 0 Å². The van der Waals surface area contributed by atoms with Gasteiger partial charge in [0.1, 0.15) is 13.1 Å². The van der Waals surface area contributed by atoms with Crippen LogP contribution in [0.15, 0.2) is 0 Å². The summed E-state index contributed by atoms with van der Waals surface area (Å²) in [5.74, 6) is 0. The van der Waals surface area contributed by atoms with Gasteiger partial charge in [-0.2, -0.15) is 0 Å². The Morgan fingerprint density at radius 1 is 0.636 bits per heavy atom. The number of hydrogen-bond acceptors (Lipinski definition) is 3. The number of rotatable bonds is 14. The van der Waals surface area contributed by atoms with Gasteiger partial charge < -0.3 is 8.97 Å². The van der Waals surface area contributed by atoms with E-state index in [4.69, 9.17) is 9.05 Å². The first-order valence-corrected chi connectivity index (χ1v) is 9.99. The molecule has 5 nitrogen and oxygen atoms in total. The molecule has 0 unspecified atom stereocenters. The lowest BCUT2D eigenvalue weighted by atomic mass is 10.3. The molecule has 132 valence electrons. The summed E-state index contributed by atoms with van der Waals surface area (Å²) in [4.78, 5) is 0. The third-order valence-electron chi connectivity index (χ3n) is 5.55. The minimum Gasteiger partial charge on any atom is -0.322 e. The molecule has 0 saturated carbocycles. The zero-order chi connectivity index (χ0) is 17.1. The van der Waals surface area contributed by atoms with E-state index in [0.29, 0.717) is 13.2 Å². The minimum absolute atomic E-state index is 0.500. The normalized spacial score (nSPS) is 12.6. The molecular weight excluding hydrogens is 299 g/mol. The van der Waals surface area contributed by atoms with Gasteiger partial charge in [0.15, 0.2) is 13.2 Å². The Morgan fingerprint density at radius 3 is 1.14 bits per heavy atom. The van der Waals surface area contributed by atoms with Crippen LogP contribution < -0.4 is 0 Å². The maximum Gasteiger partial charge on any atom is 0.697 e. The van der Waals surface area contributed by atoms with Crippen molar-refractivity contribution in [1.29, 1.82) is 0 Å². The van der Waals surface area contributed by atoms with Crippen molar-refractivity contribution in [2.24, 2.45) is 0 Å². The van der Waals surface area contributed by atoms with E-state index in [-0.39, 0.29) is 0 Å². The van der Waals surface area contributed by atoms with E-state index in [0.717, 1.165) is 61.3 Å². The first-order valence-electron chi connectivity index (χ1n) is 8.90. The van der Waals surface area contributed by atoms with E-state index in [1.54, 1.807) is 0 Å². The van der Waals surface area contributed by atoms with Gasteiger partial charge in [0.05, 0.1) is 39.3 Å². The van der Waals surface area contributed by atoms with Crippen molar-refractivity contribution in [3.8, 4) is 0 Å². The lowest BCUT2D eigenvalue weighted by Gasteiger charge is -2.35. The van der Waals surface area contributed by atoms with Crippen molar-refractivity contribution in [3.05, 3.63) is 0 Å². The number of likely N-dealkylation sites (N-methyl/N-ethyl adjacent to an activating group) is 2. The molecule has 0 aromatic heterocycles. The summed E-state index contributed by atoms with van der Waals surface area (Å²) in [5, 5.41) is 0. The van der Waals surface area contributed by atoms with Gasteiger partial charge in [-0.3, -0.25) is 0 Å². The Morgan fingerprint density at radius 2 is 0.909 bits per heavy atom. The maximum absolute atomic E-state index is 11.8. The van der Waals surface area contributed by atoms with Crippen molar-refractivity contribution in [2.75, 3.05) is 65.6 Å². The highest BCUT2D eigenvalue weighted by Crippen LogP contribution is 2.24. The largest absolute Gasteiger partial charge is 0.697 e. The predicted molar refractivity (Wildman–Crippen MR) is 93.0 cm³/mol. The molecule has 0 amide bonds. The van der Waals surface area contributed by atoms with Gasteiger partial charge in [-0.1, -0.05) is 0 Å². The molecule has 22 heavy (non-hydrogen) atoms. The molecule has 0 radical (unpaired) electrons. The number of nitrogens with zero attached hydrogens (tertiary/aromatic N) is 2. The van der Waals surface area contributed by atoms with E-state index >= 15 is 0 Å². The van der Waals surface area contributed by atoms with Crippen LogP contribution in [-0.2, 0) is 13.6 Å². The van der Waals surface area contributed by atoms with Gasteiger partial charge in [-0.25, -0.2) is 0 Å². The fourth-order valence-corrected chi connectivity index (χ4v) is 3.48. The molecule has 0 heterocycles. The second-order valence-corrected chi connectivity index (χ2v) is 6.88. The van der Waals surface area contributed by atoms with Crippen LogP contribution in [0.2, 0.25) is 0 Å². The fraction of sp³-hybridized carbons (Fsp3) is 1.00. The monoisotopic (exact) mass is 337 g/mol. The first kappa shape index (κ1) is 21.9. The average Bonchev–Trinajstić information content (AvgIpc) is 2.56. The van der Waals surface area contributed by atoms with Crippen molar-refractivity contribution >= 4 is 8.25 Å². The number of hydrogen-bond donors (Lipinski definition) is 0. The molecule has 0 aliphatic carbocycles. The summed E-state index contributed by atoms with van der Waals surface area (Å²) in [7, 11) is -1.99. The molecular formula is C16H38N2O3P+3. The lowest BCUT2D eigenvalue weighted by molar-refractivity contribution is -0.923. The topological polar surface area (TPSA) is 35.5 Å². The molecule has 0 aromatic carbocycles. The summed E-state index contributed by atoms with van der Waals surface area (Å²) in [5.41, 5.74) is 0. The van der Waals surface area contributed by atoms with Crippen LogP contribution in [0.5, 0.6) is 0 Å². The summed E-state index contributed by atoms with van der Waals surface area (Å²) >= 11 is 0. The van der Waals surface area contributed by atoms with Gasteiger partial charge in [0, 0.05) is 4.57 Å². The molecule has 0 fully saturated rings. The number of quaternary nitrogens is 2. The fourth-order valence-electron chi connectivity index (χ4n) is 2.95. The zero-order valence-corrected chi connectivity index (χ0v) is 16.5. The van der Waals surface area contributed by atoms with E-state index in [1.807, 2.05) is 0 Å². The Bertz CT molecular complexity index is 261. The molecule has 0 N–H and O–H groups in total. The Balaban J connectivity index is 4.06. The van der Waals surface area contributed by atoms with Gasteiger partial charge in [-0.15, -0.1) is 9.05 Å². The van der Waals surface area contributed by atoms with E-state index in [1.165, 1.54) is 0 Å². The van der Waals surface area contributed by atoms with Gasteiger partial charge in [0.2, 0.25) is 0 Å². The first-order chi connectivity index (χ1) is 10.5. The van der Waals surface area contributed by atoms with Gasteiger partial charge in [0.25, 0.3) is 0 Å². The summed E-state index contributed by atoms with van der Waals surface area (Å²) in [6.45, 7) is 22.5. The summed E-state index contributed by atoms with van der Waals surface area (Å²) < 4.78 is 24.6. The standard InChI is InChI=1S/C16H38N2O3P/c1-7-17(8-2,9-3)13-15-20-22(19)21-16-14-18(10-4,11-5)12-6/h7-16H2,1-6H3/q+3. The maximum atomic E-state index is 11.8. The molecule has 0 spiro atoms. The van der Waals surface area contributed by atoms with Crippen molar-refractivity contribution in [3.63, 3.8) is 0 Å². The Labute approximate surface area is 138 Å². The summed E-state index contributed by atoms with van der Waals surface area (Å²) in [6, 6.07) is 0. The predicted octanol–water partition coefficient (Wildman–Crippen LogP) is 3.43. The summed E-state index contributed by atoms with van der Waals surface area (Å²) in [6.07, 6.45) is 0. The molecule has 0 atom stereocenters. The second-order valence-electron chi connectivity index (χ2n) is 5.92. The quantitative estimate of drug-likeness (QED) is 0.360. The van der Waals surface area contributed by atoms with E-state index < -0.39 is 8.25 Å². The highest BCUT2D eigenvalue weighted by molar-refractivity contribution is 7.33. The molecule has 0 aliphatic heterocycles. The highest BCUT2D eigenvalue weighted by atomic mass is 31.1. The Kier molecular flexibility index (Phi) is 11.4. The third-order valence-corrected chi connectivity index (χ3v) is 6.34. The minimum atomic E-state index is -1.99. The van der Waals surface area contributed by atoms with Crippen LogP contribution >= 0.6 is 8.25 Å². The highest BCUT2D eigenvalue weighted by Gasteiger charge is 2.28. The smallest absolute Gasteiger partial charge is 0.322 e. The molecule has 6 heteroatoms. The van der Waals surface area contributed by atoms with E-state index in [2.05, 4.69) is 41.5 Å². The van der Waals surface area contributed by atoms with Crippen molar-refractivity contribution in [1.82, 2.24) is 0 Å². The van der Waals surface area contributed by atoms with Gasteiger partial charge >= 0.3 is 8.25 Å². The van der Waals surface area contributed by atoms with E-state index in [9.17, 15) is 4.57 Å². The van der Waals surface area contributed by atoms with Crippen molar-refractivity contribution < 1.29 is 22.6 Å².